The van der Waals surface area contributed by atoms with Crippen LogP contribution in [0, 0.1) is 13.8 Å². The molecule has 1 saturated heterocycles. The van der Waals surface area contributed by atoms with Gasteiger partial charge in [0.15, 0.2) is 0 Å². The number of nitrogens with zero attached hydrogens (tertiary/aromatic N) is 1. The molecule has 1 heterocycles. The van der Waals surface area contributed by atoms with Crippen molar-refractivity contribution in [3.05, 3.63) is 59.2 Å². The Bertz CT molecular complexity index is 843. The van der Waals surface area contributed by atoms with Crippen LogP contribution in [-0.4, -0.2) is 30.5 Å². The number of hydrogen-bond acceptors (Lipinski definition) is 3. The lowest BCUT2D eigenvalue weighted by atomic mass is 10.1. The van der Waals surface area contributed by atoms with Crippen molar-refractivity contribution in [2.24, 2.45) is 0 Å². The first-order valence-corrected chi connectivity index (χ1v) is 9.28. The van der Waals surface area contributed by atoms with Gasteiger partial charge in [0.2, 0.25) is 5.91 Å². The van der Waals surface area contributed by atoms with E-state index in [0.29, 0.717) is 18.5 Å². The minimum Gasteiger partial charge on any atom is -0.491 e. The number of benzene rings is 2. The van der Waals surface area contributed by atoms with Gasteiger partial charge in [-0.05, 0) is 75.2 Å². The molecule has 0 aliphatic carbocycles. The predicted molar refractivity (Wildman–Crippen MR) is 106 cm³/mol. The summed E-state index contributed by atoms with van der Waals surface area (Å²) in [6.45, 7) is 8.48. The van der Waals surface area contributed by atoms with Crippen LogP contribution < -0.4 is 15.0 Å². The number of nitrogens with one attached hydrogen (secondary N) is 1. The van der Waals surface area contributed by atoms with Crippen LogP contribution in [0.1, 0.15) is 41.8 Å². The fraction of sp³-hybridized carbons (Fsp3) is 0.364. The van der Waals surface area contributed by atoms with E-state index in [9.17, 15) is 9.59 Å². The summed E-state index contributed by atoms with van der Waals surface area (Å²) in [6, 6.07) is 12.9. The number of anilines is 1. The number of carbonyl (C=O) groups excluding carboxylic acids is 2. The monoisotopic (exact) mass is 366 g/mol. The van der Waals surface area contributed by atoms with E-state index in [1.54, 1.807) is 29.2 Å². The van der Waals surface area contributed by atoms with E-state index >= 15 is 0 Å². The summed E-state index contributed by atoms with van der Waals surface area (Å²) in [5.74, 6) is 0.591. The Kier molecular flexibility index (Phi) is 5.49. The van der Waals surface area contributed by atoms with Crippen molar-refractivity contribution in [3.63, 3.8) is 0 Å². The third-order valence-corrected chi connectivity index (χ3v) is 4.75. The molecule has 2 amide bonds. The third kappa shape index (κ3) is 4.48. The second-order valence-electron chi connectivity index (χ2n) is 7.34. The van der Waals surface area contributed by atoms with Gasteiger partial charge in [-0.3, -0.25) is 9.59 Å². The molecule has 0 bridgehead atoms. The largest absolute Gasteiger partial charge is 0.491 e. The molecule has 0 spiro atoms. The number of aryl methyl sites for hydroxylation is 2. The Morgan fingerprint density at radius 2 is 1.81 bits per heavy atom. The Morgan fingerprint density at radius 3 is 2.44 bits per heavy atom. The van der Waals surface area contributed by atoms with Crippen LogP contribution in [0.25, 0.3) is 0 Å². The van der Waals surface area contributed by atoms with E-state index in [-0.39, 0.29) is 24.0 Å². The van der Waals surface area contributed by atoms with Gasteiger partial charge < -0.3 is 15.0 Å². The van der Waals surface area contributed by atoms with Crippen molar-refractivity contribution >= 4 is 17.5 Å². The van der Waals surface area contributed by atoms with Crippen molar-refractivity contribution in [3.8, 4) is 5.75 Å². The molecule has 1 atom stereocenters. The fourth-order valence-electron chi connectivity index (χ4n) is 3.17. The van der Waals surface area contributed by atoms with Gasteiger partial charge in [-0.2, -0.15) is 0 Å². The first-order chi connectivity index (χ1) is 12.8. The van der Waals surface area contributed by atoms with E-state index < -0.39 is 0 Å². The standard InChI is InChI=1S/C22H26N2O3/c1-14(2)27-20-9-6-17(7-10-20)22(26)23-18-12-21(25)24(13-18)19-8-5-15(3)16(4)11-19/h5-11,14,18H,12-13H2,1-4H3,(H,23,26)/t18-/m1/s1. The molecule has 0 aromatic heterocycles. The quantitative estimate of drug-likeness (QED) is 0.879. The molecule has 3 rings (SSSR count). The van der Waals surface area contributed by atoms with Crippen molar-refractivity contribution in [1.82, 2.24) is 5.32 Å². The molecule has 142 valence electrons. The lowest BCUT2D eigenvalue weighted by Crippen LogP contribution is -2.37. The number of carbonyl (C=O) groups is 2. The van der Waals surface area contributed by atoms with E-state index in [1.807, 2.05) is 45.9 Å². The Balaban J connectivity index is 1.63. The van der Waals surface area contributed by atoms with Gasteiger partial charge in [0.1, 0.15) is 5.75 Å². The van der Waals surface area contributed by atoms with Crippen LogP contribution in [0.5, 0.6) is 5.75 Å². The van der Waals surface area contributed by atoms with E-state index in [0.717, 1.165) is 17.0 Å². The van der Waals surface area contributed by atoms with Crippen molar-refractivity contribution in [2.45, 2.75) is 46.3 Å². The van der Waals surface area contributed by atoms with Crippen LogP contribution in [-0.2, 0) is 4.79 Å². The zero-order chi connectivity index (χ0) is 19.6. The number of amides is 2. The van der Waals surface area contributed by atoms with Crippen LogP contribution >= 0.6 is 0 Å². The van der Waals surface area contributed by atoms with E-state index in [4.69, 9.17) is 4.74 Å². The average Bonchev–Trinajstić information content (AvgIpc) is 2.97. The molecular weight excluding hydrogens is 340 g/mol. The van der Waals surface area contributed by atoms with Gasteiger partial charge in [0.25, 0.3) is 5.91 Å². The van der Waals surface area contributed by atoms with Gasteiger partial charge in [-0.25, -0.2) is 0 Å². The number of ether oxygens (including phenoxy) is 1. The summed E-state index contributed by atoms with van der Waals surface area (Å²) in [5.41, 5.74) is 3.79. The van der Waals surface area contributed by atoms with Crippen LogP contribution in [0.15, 0.2) is 42.5 Å². The van der Waals surface area contributed by atoms with Gasteiger partial charge in [-0.1, -0.05) is 6.07 Å². The summed E-state index contributed by atoms with van der Waals surface area (Å²) < 4.78 is 5.59. The normalized spacial score (nSPS) is 16.7. The van der Waals surface area contributed by atoms with Crippen LogP contribution in [0.3, 0.4) is 0 Å². The molecule has 27 heavy (non-hydrogen) atoms. The number of hydrogen-bond donors (Lipinski definition) is 1. The van der Waals surface area contributed by atoms with Crippen LogP contribution in [0.2, 0.25) is 0 Å². The maximum atomic E-state index is 12.5. The second-order valence-corrected chi connectivity index (χ2v) is 7.34. The molecule has 1 aliphatic rings. The first-order valence-electron chi connectivity index (χ1n) is 9.28. The Morgan fingerprint density at radius 1 is 1.11 bits per heavy atom. The molecule has 1 fully saturated rings. The highest BCUT2D eigenvalue weighted by Crippen LogP contribution is 2.24. The maximum absolute atomic E-state index is 12.5. The molecule has 5 heteroatoms. The summed E-state index contributed by atoms with van der Waals surface area (Å²) in [7, 11) is 0. The predicted octanol–water partition coefficient (Wildman–Crippen LogP) is 3.63. The molecule has 0 radical (unpaired) electrons. The molecule has 1 N–H and O–H groups in total. The molecule has 1 aliphatic heterocycles. The van der Waals surface area contributed by atoms with Crippen molar-refractivity contribution in [1.29, 1.82) is 0 Å². The first kappa shape index (κ1) is 19.0. The molecule has 2 aromatic rings. The average molecular weight is 366 g/mol. The Labute approximate surface area is 160 Å². The molecule has 2 aromatic carbocycles. The highest BCUT2D eigenvalue weighted by Gasteiger charge is 2.31. The third-order valence-electron chi connectivity index (χ3n) is 4.75. The highest BCUT2D eigenvalue weighted by atomic mass is 16.5. The van der Waals surface area contributed by atoms with Gasteiger partial charge in [0.05, 0.1) is 12.1 Å². The smallest absolute Gasteiger partial charge is 0.251 e. The summed E-state index contributed by atoms with van der Waals surface area (Å²) in [6.07, 6.45) is 0.401. The lowest BCUT2D eigenvalue weighted by molar-refractivity contribution is -0.117. The zero-order valence-corrected chi connectivity index (χ0v) is 16.3. The minimum atomic E-state index is -0.196. The molecular formula is C22H26N2O3. The fourth-order valence-corrected chi connectivity index (χ4v) is 3.17. The van der Waals surface area contributed by atoms with Gasteiger partial charge >= 0.3 is 0 Å². The second kappa shape index (κ2) is 7.82. The van der Waals surface area contributed by atoms with Crippen molar-refractivity contribution in [2.75, 3.05) is 11.4 Å². The maximum Gasteiger partial charge on any atom is 0.251 e. The summed E-state index contributed by atoms with van der Waals surface area (Å²) >= 11 is 0. The molecule has 5 nitrogen and oxygen atoms in total. The van der Waals surface area contributed by atoms with Crippen LogP contribution in [0.4, 0.5) is 5.69 Å². The SMILES string of the molecule is Cc1ccc(N2C[C@H](NC(=O)c3ccc(OC(C)C)cc3)CC2=O)cc1C. The number of rotatable bonds is 5. The zero-order valence-electron chi connectivity index (χ0n) is 16.3. The highest BCUT2D eigenvalue weighted by molar-refractivity contribution is 5.99. The summed E-state index contributed by atoms with van der Waals surface area (Å²) in [5, 5.41) is 2.97. The van der Waals surface area contributed by atoms with Crippen molar-refractivity contribution < 1.29 is 14.3 Å². The Hall–Kier alpha value is -2.82. The van der Waals surface area contributed by atoms with Gasteiger partial charge in [0, 0.05) is 24.2 Å². The van der Waals surface area contributed by atoms with E-state index in [1.165, 1.54) is 5.56 Å². The van der Waals surface area contributed by atoms with E-state index in [2.05, 4.69) is 5.32 Å². The van der Waals surface area contributed by atoms with Gasteiger partial charge in [-0.15, -0.1) is 0 Å². The molecule has 0 saturated carbocycles. The molecule has 0 unspecified atom stereocenters. The minimum absolute atomic E-state index is 0.0317. The summed E-state index contributed by atoms with van der Waals surface area (Å²) in [4.78, 5) is 26.7. The topological polar surface area (TPSA) is 58.6 Å². The lowest BCUT2D eigenvalue weighted by Gasteiger charge is -2.18.